The lowest BCUT2D eigenvalue weighted by atomic mass is 10.1. The minimum Gasteiger partial charge on any atom is -0.370 e. The number of alkyl halides is 2. The van der Waals surface area contributed by atoms with Crippen LogP contribution in [0.5, 0.6) is 0 Å². The molecule has 0 aromatic heterocycles. The maximum absolute atomic E-state index is 14.8. The third kappa shape index (κ3) is 5.80. The second kappa shape index (κ2) is 9.36. The largest absolute Gasteiger partial charge is 0.370 e. The normalized spacial score (nSPS) is 11.5. The van der Waals surface area contributed by atoms with E-state index in [4.69, 9.17) is 16.3 Å². The Balaban J connectivity index is 1.70. The van der Waals surface area contributed by atoms with Gasteiger partial charge in [-0.1, -0.05) is 72.3 Å². The lowest BCUT2D eigenvalue weighted by Crippen LogP contribution is -2.22. The summed E-state index contributed by atoms with van der Waals surface area (Å²) in [4.78, 5) is 0.511. The van der Waals surface area contributed by atoms with E-state index in [1.165, 1.54) is 17.8 Å². The Kier molecular flexibility index (Phi) is 6.89. The van der Waals surface area contributed by atoms with Gasteiger partial charge in [-0.3, -0.25) is 0 Å². The van der Waals surface area contributed by atoms with Crippen molar-refractivity contribution in [2.24, 2.45) is 0 Å². The van der Waals surface area contributed by atoms with Gasteiger partial charge in [0, 0.05) is 21.2 Å². The number of rotatable bonds is 8. The minimum atomic E-state index is -3.13. The Morgan fingerprint density at radius 1 is 0.852 bits per heavy atom. The molecule has 0 amide bonds. The molecule has 0 aliphatic heterocycles. The predicted molar refractivity (Wildman–Crippen MR) is 107 cm³/mol. The van der Waals surface area contributed by atoms with Crippen LogP contribution in [0.25, 0.3) is 0 Å². The zero-order valence-corrected chi connectivity index (χ0v) is 16.1. The highest BCUT2D eigenvalue weighted by atomic mass is 35.5. The van der Waals surface area contributed by atoms with Crippen molar-refractivity contribution in [3.8, 4) is 0 Å². The zero-order valence-electron chi connectivity index (χ0n) is 14.6. The van der Waals surface area contributed by atoms with E-state index >= 15 is 0 Å². The number of hydrogen-bond donors (Lipinski definition) is 0. The van der Waals surface area contributed by atoms with Gasteiger partial charge in [0.15, 0.2) is 0 Å². The molecule has 0 fully saturated rings. The van der Waals surface area contributed by atoms with Crippen molar-refractivity contribution in [1.82, 2.24) is 0 Å². The first kappa shape index (κ1) is 19.9. The maximum atomic E-state index is 14.8. The van der Waals surface area contributed by atoms with Gasteiger partial charge in [0.05, 0.1) is 6.61 Å². The van der Waals surface area contributed by atoms with Crippen LogP contribution in [0.15, 0.2) is 83.8 Å². The average Bonchev–Trinajstić information content (AvgIpc) is 2.68. The van der Waals surface area contributed by atoms with Crippen LogP contribution in [0, 0.1) is 0 Å². The number of thioether (sulfide) groups is 1. The molecule has 1 nitrogen and oxygen atoms in total. The van der Waals surface area contributed by atoms with E-state index in [1.54, 1.807) is 12.1 Å². The van der Waals surface area contributed by atoms with Crippen LogP contribution >= 0.6 is 23.4 Å². The third-order valence-electron chi connectivity index (χ3n) is 3.97. The Bertz CT molecular complexity index is 857. The molecule has 27 heavy (non-hydrogen) atoms. The molecule has 5 heteroatoms. The van der Waals surface area contributed by atoms with E-state index in [0.29, 0.717) is 10.6 Å². The summed E-state index contributed by atoms with van der Waals surface area (Å²) in [5.74, 6) is -2.52. The molecule has 0 aliphatic rings. The first-order valence-electron chi connectivity index (χ1n) is 8.51. The summed E-state index contributed by atoms with van der Waals surface area (Å²) < 4.78 is 35.0. The smallest absolute Gasteiger partial charge is 0.297 e. The van der Waals surface area contributed by atoms with E-state index in [1.807, 2.05) is 60.7 Å². The fourth-order valence-corrected chi connectivity index (χ4v) is 3.81. The van der Waals surface area contributed by atoms with E-state index < -0.39 is 12.5 Å². The van der Waals surface area contributed by atoms with Crippen molar-refractivity contribution in [2.45, 2.75) is 23.2 Å². The zero-order chi connectivity index (χ0) is 19.1. The van der Waals surface area contributed by atoms with Crippen molar-refractivity contribution >= 4 is 23.4 Å². The van der Waals surface area contributed by atoms with Gasteiger partial charge >= 0.3 is 0 Å². The standard InChI is InChI=1S/C22H19ClF2OS/c23-19-11-12-21(27-15-18-9-5-2-6-10-18)20(13-19)22(24,25)16-26-14-17-7-3-1-4-8-17/h1-13H,14-16H2. The van der Waals surface area contributed by atoms with Crippen LogP contribution < -0.4 is 0 Å². The van der Waals surface area contributed by atoms with Crippen molar-refractivity contribution in [3.63, 3.8) is 0 Å². The first-order valence-corrected chi connectivity index (χ1v) is 9.87. The van der Waals surface area contributed by atoms with Gasteiger partial charge in [0.25, 0.3) is 5.92 Å². The average molecular weight is 405 g/mol. The maximum Gasteiger partial charge on any atom is 0.297 e. The molecule has 0 atom stereocenters. The molecule has 0 radical (unpaired) electrons. The van der Waals surface area contributed by atoms with Crippen molar-refractivity contribution in [2.75, 3.05) is 6.61 Å². The molecule has 140 valence electrons. The fraction of sp³-hybridized carbons (Fsp3) is 0.182. The summed E-state index contributed by atoms with van der Waals surface area (Å²) in [6, 6.07) is 23.6. The van der Waals surface area contributed by atoms with E-state index in [2.05, 4.69) is 0 Å². The van der Waals surface area contributed by atoms with Gasteiger partial charge in [-0.2, -0.15) is 8.78 Å². The molecular weight excluding hydrogens is 386 g/mol. The van der Waals surface area contributed by atoms with Gasteiger partial charge in [-0.05, 0) is 29.3 Å². The summed E-state index contributed by atoms with van der Waals surface area (Å²) in [6.07, 6.45) is 0. The SMILES string of the molecule is FC(F)(COCc1ccccc1)c1cc(Cl)ccc1SCc1ccccc1. The molecule has 0 saturated heterocycles. The lowest BCUT2D eigenvalue weighted by molar-refractivity contribution is -0.0890. The number of benzene rings is 3. The number of halogens is 3. The fourth-order valence-electron chi connectivity index (χ4n) is 2.60. The van der Waals surface area contributed by atoms with Crippen LogP contribution in [-0.2, 0) is 23.0 Å². The minimum absolute atomic E-state index is 0.0935. The van der Waals surface area contributed by atoms with Gasteiger partial charge in [-0.15, -0.1) is 11.8 Å². The molecule has 0 bridgehead atoms. The molecule has 0 unspecified atom stereocenters. The molecule has 3 aromatic carbocycles. The van der Waals surface area contributed by atoms with Crippen LogP contribution in [-0.4, -0.2) is 6.61 Å². The lowest BCUT2D eigenvalue weighted by Gasteiger charge is -2.20. The summed E-state index contributed by atoms with van der Waals surface area (Å²) in [5.41, 5.74) is 1.84. The summed E-state index contributed by atoms with van der Waals surface area (Å²) in [5, 5.41) is 0.289. The van der Waals surface area contributed by atoms with E-state index in [-0.39, 0.29) is 17.2 Å². The second-order valence-corrected chi connectivity index (χ2v) is 7.55. The van der Waals surface area contributed by atoms with E-state index in [9.17, 15) is 8.78 Å². The quantitative estimate of drug-likeness (QED) is 0.376. The van der Waals surface area contributed by atoms with Gasteiger partial charge in [-0.25, -0.2) is 0 Å². The van der Waals surface area contributed by atoms with Crippen molar-refractivity contribution in [1.29, 1.82) is 0 Å². The van der Waals surface area contributed by atoms with Gasteiger partial charge in [0.2, 0.25) is 0 Å². The Hall–Kier alpha value is -1.88. The Morgan fingerprint density at radius 3 is 2.15 bits per heavy atom. The van der Waals surface area contributed by atoms with Crippen molar-refractivity contribution < 1.29 is 13.5 Å². The van der Waals surface area contributed by atoms with Gasteiger partial charge in [0.1, 0.15) is 6.61 Å². The number of hydrogen-bond acceptors (Lipinski definition) is 2. The first-order chi connectivity index (χ1) is 13.0. The molecule has 3 aromatic rings. The van der Waals surface area contributed by atoms with Crippen LogP contribution in [0.3, 0.4) is 0 Å². The number of ether oxygens (including phenoxy) is 1. The molecule has 0 saturated carbocycles. The summed E-state index contributed by atoms with van der Waals surface area (Å²) in [6.45, 7) is -0.551. The summed E-state index contributed by atoms with van der Waals surface area (Å²) >= 11 is 7.36. The van der Waals surface area contributed by atoms with Gasteiger partial charge < -0.3 is 4.74 Å². The molecule has 3 rings (SSSR count). The highest BCUT2D eigenvalue weighted by Gasteiger charge is 2.35. The highest BCUT2D eigenvalue weighted by molar-refractivity contribution is 7.98. The van der Waals surface area contributed by atoms with Crippen LogP contribution in [0.1, 0.15) is 16.7 Å². The highest BCUT2D eigenvalue weighted by Crippen LogP contribution is 2.38. The van der Waals surface area contributed by atoms with E-state index in [0.717, 1.165) is 11.1 Å². The monoisotopic (exact) mass is 404 g/mol. The van der Waals surface area contributed by atoms with Crippen LogP contribution in [0.4, 0.5) is 8.78 Å². The molecule has 0 N–H and O–H groups in total. The molecule has 0 heterocycles. The predicted octanol–water partition coefficient (Wildman–Crippen LogP) is 6.94. The Morgan fingerprint density at radius 2 is 1.48 bits per heavy atom. The molecule has 0 spiro atoms. The molecular formula is C22H19ClF2OS. The second-order valence-electron chi connectivity index (χ2n) is 6.10. The topological polar surface area (TPSA) is 9.23 Å². The van der Waals surface area contributed by atoms with Crippen LogP contribution in [0.2, 0.25) is 5.02 Å². The van der Waals surface area contributed by atoms with Crippen molar-refractivity contribution in [3.05, 3.63) is 101 Å². The third-order valence-corrected chi connectivity index (χ3v) is 5.35. The summed E-state index contributed by atoms with van der Waals surface area (Å²) in [7, 11) is 0. The Labute approximate surface area is 167 Å². The molecule has 0 aliphatic carbocycles.